The molecule has 0 saturated carbocycles. The predicted octanol–water partition coefficient (Wildman–Crippen LogP) is 21.9. The molecule has 4 heteroatoms. The van der Waals surface area contributed by atoms with Crippen molar-refractivity contribution in [1.29, 1.82) is 0 Å². The zero-order valence-electron chi connectivity index (χ0n) is 48.1. The SMILES string of the molecule is CC(C)(C)c1cc2ccc3c(-c4ccc(-c5ccccn5)cc4)cc(-c4ccc(-c5ccccn5)cc4)c4ccc(c1)c2c34.c1ccc(-c2c3ccccc3c(-c3ccc4cc(-c5cncc(-c6ccncc6)c5)ccc4c3)c3ccccc23)cc1. The third-order valence-electron chi connectivity index (χ3n) is 17.1. The fourth-order valence-electron chi connectivity index (χ4n) is 12.8. The first-order valence-electron chi connectivity index (χ1n) is 29.5. The normalized spacial score (nSPS) is 11.7. The van der Waals surface area contributed by atoms with Gasteiger partial charge in [0.05, 0.1) is 11.4 Å². The largest absolute Gasteiger partial charge is 0.265 e. The van der Waals surface area contributed by atoms with Crippen LogP contribution in [0, 0.1) is 0 Å². The molecule has 0 aliphatic heterocycles. The number of rotatable bonds is 8. The van der Waals surface area contributed by atoms with Crippen LogP contribution in [0.4, 0.5) is 0 Å². The summed E-state index contributed by atoms with van der Waals surface area (Å²) in [4.78, 5) is 17.8. The highest BCUT2D eigenvalue weighted by atomic mass is 14.7. The molecule has 16 aromatic rings. The molecule has 0 atom stereocenters. The van der Waals surface area contributed by atoms with Crippen molar-refractivity contribution in [3.8, 4) is 89.3 Å². The Bertz CT molecular complexity index is 4940. The third-order valence-corrected chi connectivity index (χ3v) is 17.1. The highest BCUT2D eigenvalue weighted by Crippen LogP contribution is 2.47. The van der Waals surface area contributed by atoms with Gasteiger partial charge in [0.15, 0.2) is 0 Å². The minimum absolute atomic E-state index is 0.0749. The monoisotopic (exact) mass is 1100 g/mol. The van der Waals surface area contributed by atoms with E-state index in [9.17, 15) is 0 Å². The fourth-order valence-corrected chi connectivity index (χ4v) is 12.8. The molecular formula is C82H58N4. The molecule has 0 aliphatic rings. The number of hydrogen-bond acceptors (Lipinski definition) is 4. The topological polar surface area (TPSA) is 51.6 Å². The Morgan fingerprint density at radius 2 is 0.698 bits per heavy atom. The second kappa shape index (κ2) is 21.7. The van der Waals surface area contributed by atoms with Gasteiger partial charge in [-0.2, -0.15) is 0 Å². The molecule has 4 aromatic heterocycles. The Hall–Kier alpha value is -10.9. The summed E-state index contributed by atoms with van der Waals surface area (Å²) < 4.78 is 0. The molecule has 0 aliphatic carbocycles. The second-order valence-electron chi connectivity index (χ2n) is 23.4. The number of benzene rings is 12. The summed E-state index contributed by atoms with van der Waals surface area (Å²) in [6.07, 6.45) is 11.2. The van der Waals surface area contributed by atoms with Gasteiger partial charge >= 0.3 is 0 Å². The van der Waals surface area contributed by atoms with E-state index in [1.165, 1.54) is 115 Å². The molecule has 0 N–H and O–H groups in total. The van der Waals surface area contributed by atoms with Crippen molar-refractivity contribution in [3.63, 3.8) is 0 Å². The Kier molecular flexibility index (Phi) is 13.1. The van der Waals surface area contributed by atoms with Crippen LogP contribution in [0.25, 0.3) is 154 Å². The van der Waals surface area contributed by atoms with Crippen LogP contribution in [0.2, 0.25) is 0 Å². The van der Waals surface area contributed by atoms with Crippen LogP contribution < -0.4 is 0 Å². The van der Waals surface area contributed by atoms with Crippen LogP contribution in [0.1, 0.15) is 26.3 Å². The van der Waals surface area contributed by atoms with E-state index in [1.54, 1.807) is 0 Å². The maximum atomic E-state index is 4.56. The molecule has 0 radical (unpaired) electrons. The van der Waals surface area contributed by atoms with Crippen LogP contribution >= 0.6 is 0 Å². The van der Waals surface area contributed by atoms with Crippen LogP contribution in [-0.4, -0.2) is 19.9 Å². The van der Waals surface area contributed by atoms with Crippen molar-refractivity contribution in [3.05, 3.63) is 304 Å². The van der Waals surface area contributed by atoms with E-state index in [0.717, 1.165) is 44.8 Å². The van der Waals surface area contributed by atoms with Crippen molar-refractivity contribution in [2.75, 3.05) is 0 Å². The molecule has 0 spiro atoms. The molecule has 16 rings (SSSR count). The summed E-state index contributed by atoms with van der Waals surface area (Å²) >= 11 is 0. The first-order valence-corrected chi connectivity index (χ1v) is 29.5. The van der Waals surface area contributed by atoms with E-state index in [0.29, 0.717) is 0 Å². The van der Waals surface area contributed by atoms with Gasteiger partial charge in [0.1, 0.15) is 0 Å². The van der Waals surface area contributed by atoms with Crippen LogP contribution in [-0.2, 0) is 5.41 Å². The number of aromatic nitrogens is 4. The average Bonchev–Trinajstić information content (AvgIpc) is 0.862. The second-order valence-corrected chi connectivity index (χ2v) is 23.4. The Balaban J connectivity index is 0.000000145. The van der Waals surface area contributed by atoms with E-state index in [1.807, 2.05) is 73.6 Å². The summed E-state index contributed by atoms with van der Waals surface area (Å²) in [6, 6.07) is 94.4. The van der Waals surface area contributed by atoms with Crippen LogP contribution in [0.5, 0.6) is 0 Å². The van der Waals surface area contributed by atoms with Gasteiger partial charge in [0, 0.05) is 59.4 Å². The van der Waals surface area contributed by atoms with E-state index in [-0.39, 0.29) is 5.41 Å². The number of hydrogen-bond donors (Lipinski definition) is 0. The van der Waals surface area contributed by atoms with Gasteiger partial charge in [-0.15, -0.1) is 0 Å². The minimum atomic E-state index is 0.0749. The molecule has 4 nitrogen and oxygen atoms in total. The minimum Gasteiger partial charge on any atom is -0.265 e. The quantitative estimate of drug-likeness (QED) is 0.112. The summed E-state index contributed by atoms with van der Waals surface area (Å²) in [5.74, 6) is 0. The van der Waals surface area contributed by atoms with Crippen molar-refractivity contribution in [2.45, 2.75) is 26.2 Å². The highest BCUT2D eigenvalue weighted by molar-refractivity contribution is 6.28. The van der Waals surface area contributed by atoms with Gasteiger partial charge in [-0.25, -0.2) is 0 Å². The molecule has 12 aromatic carbocycles. The van der Waals surface area contributed by atoms with Crippen molar-refractivity contribution in [1.82, 2.24) is 19.9 Å². The van der Waals surface area contributed by atoms with Crippen LogP contribution in [0.15, 0.2) is 298 Å². The number of fused-ring (bicyclic) bond motifs is 3. The fraction of sp³-hybridized carbons (Fsp3) is 0.0488. The Morgan fingerprint density at radius 3 is 1.21 bits per heavy atom. The Labute approximate surface area is 500 Å². The van der Waals surface area contributed by atoms with Gasteiger partial charge in [-0.05, 0) is 192 Å². The average molecular weight is 1100 g/mol. The summed E-state index contributed by atoms with van der Waals surface area (Å²) in [7, 11) is 0. The molecule has 406 valence electrons. The van der Waals surface area contributed by atoms with Gasteiger partial charge in [-0.1, -0.05) is 221 Å². The standard InChI is InChI=1S/C42H32N2.C40H26N2/c1-42(2,3)33-24-31-18-20-34-36(27-10-14-29(15-11-27)38-8-4-6-22-43-38)26-37(35-21-19-32(25-33)40(31)41(34)35)28-12-16-30(17-13-28)39-9-5-7-23-44-39;1-2-8-28(9-3-1)39-35-10-4-6-12-37(35)40(38-13-7-5-11-36(38)39)32-17-16-29-22-31(15-14-30(29)23-32)34-24-33(25-42-26-34)27-18-20-41-21-19-27/h4-26H,1-3H3;1-26H. The number of nitrogens with zero attached hydrogens (tertiary/aromatic N) is 4. The molecule has 86 heavy (non-hydrogen) atoms. The maximum absolute atomic E-state index is 4.56. The lowest BCUT2D eigenvalue weighted by Gasteiger charge is -2.23. The Morgan fingerprint density at radius 1 is 0.256 bits per heavy atom. The summed E-state index contributed by atoms with van der Waals surface area (Å²) in [6.45, 7) is 6.87. The lowest BCUT2D eigenvalue weighted by molar-refractivity contribution is 0.591. The van der Waals surface area contributed by atoms with Gasteiger partial charge in [-0.3, -0.25) is 19.9 Å². The molecule has 0 bridgehead atoms. The molecule has 0 amide bonds. The maximum Gasteiger partial charge on any atom is 0.0701 e. The third kappa shape index (κ3) is 9.57. The van der Waals surface area contributed by atoms with Crippen LogP contribution in [0.3, 0.4) is 0 Å². The zero-order chi connectivity index (χ0) is 57.7. The van der Waals surface area contributed by atoms with Gasteiger partial charge in [0.25, 0.3) is 0 Å². The van der Waals surface area contributed by atoms with Gasteiger partial charge in [0.2, 0.25) is 0 Å². The molecule has 0 saturated heterocycles. The number of pyridine rings is 4. The molecular weight excluding hydrogens is 1040 g/mol. The van der Waals surface area contributed by atoms with Gasteiger partial charge < -0.3 is 0 Å². The molecule has 4 heterocycles. The van der Waals surface area contributed by atoms with Crippen molar-refractivity contribution in [2.24, 2.45) is 0 Å². The first-order chi connectivity index (χ1) is 42.3. The molecule has 0 fully saturated rings. The molecule has 0 unspecified atom stereocenters. The van der Waals surface area contributed by atoms with E-state index in [4.69, 9.17) is 0 Å². The lowest BCUT2D eigenvalue weighted by atomic mass is 9.81. The first kappa shape index (κ1) is 51.9. The zero-order valence-corrected chi connectivity index (χ0v) is 48.1. The van der Waals surface area contributed by atoms with E-state index < -0.39 is 0 Å². The smallest absolute Gasteiger partial charge is 0.0701 e. The summed E-state index contributed by atoms with van der Waals surface area (Å²) in [5, 5.41) is 15.3. The lowest BCUT2D eigenvalue weighted by Crippen LogP contribution is -2.10. The van der Waals surface area contributed by atoms with E-state index >= 15 is 0 Å². The summed E-state index contributed by atoms with van der Waals surface area (Å²) in [5.41, 5.74) is 20.0. The predicted molar refractivity (Wildman–Crippen MR) is 362 cm³/mol. The highest BCUT2D eigenvalue weighted by Gasteiger charge is 2.22. The van der Waals surface area contributed by atoms with Crippen molar-refractivity contribution >= 4 is 64.6 Å². The van der Waals surface area contributed by atoms with Crippen molar-refractivity contribution < 1.29 is 0 Å². The van der Waals surface area contributed by atoms with E-state index in [2.05, 4.69) is 265 Å².